The summed E-state index contributed by atoms with van der Waals surface area (Å²) >= 11 is 0. The van der Waals surface area contributed by atoms with Crippen molar-refractivity contribution in [2.24, 2.45) is 0 Å². The molecule has 0 aromatic heterocycles. The van der Waals surface area contributed by atoms with Crippen molar-refractivity contribution in [3.05, 3.63) is 29.8 Å². The van der Waals surface area contributed by atoms with E-state index in [9.17, 15) is 8.42 Å². The molecule has 1 aliphatic heterocycles. The number of fused-ring (bicyclic) bond motifs is 1. The SMILES string of the molecule is CCC(C#N)S(=O)(=O)N1c2ccccc2CCC1C. The Kier molecular flexibility index (Phi) is 3.81. The van der Waals surface area contributed by atoms with E-state index in [1.165, 1.54) is 4.31 Å². The molecular formula is C14H18N2O2S. The van der Waals surface area contributed by atoms with Gasteiger partial charge in [-0.25, -0.2) is 8.42 Å². The van der Waals surface area contributed by atoms with Gasteiger partial charge in [0.15, 0.2) is 5.25 Å². The van der Waals surface area contributed by atoms with Crippen LogP contribution in [-0.4, -0.2) is 19.7 Å². The van der Waals surface area contributed by atoms with Crippen LogP contribution in [0.3, 0.4) is 0 Å². The van der Waals surface area contributed by atoms with Gasteiger partial charge in [0.25, 0.3) is 10.0 Å². The van der Waals surface area contributed by atoms with Crippen LogP contribution in [0.1, 0.15) is 32.3 Å². The van der Waals surface area contributed by atoms with E-state index in [0.717, 1.165) is 24.1 Å². The average Bonchev–Trinajstić information content (AvgIpc) is 2.39. The molecule has 1 aliphatic rings. The Morgan fingerprint density at radius 3 is 2.79 bits per heavy atom. The molecule has 0 saturated heterocycles. The number of anilines is 1. The standard InChI is InChI=1S/C14H18N2O2S/c1-3-13(10-15)19(17,18)16-11(2)8-9-12-6-4-5-7-14(12)16/h4-7,11,13H,3,8-9H2,1-2H3. The molecule has 5 heteroatoms. The zero-order valence-electron chi connectivity index (χ0n) is 11.2. The molecule has 0 bridgehead atoms. The number of nitriles is 1. The van der Waals surface area contributed by atoms with Crippen molar-refractivity contribution in [2.45, 2.75) is 44.4 Å². The van der Waals surface area contributed by atoms with Crippen molar-refractivity contribution in [3.63, 3.8) is 0 Å². The summed E-state index contributed by atoms with van der Waals surface area (Å²) < 4.78 is 26.7. The molecule has 0 spiro atoms. The highest BCUT2D eigenvalue weighted by molar-refractivity contribution is 7.93. The molecule has 4 nitrogen and oxygen atoms in total. The maximum atomic E-state index is 12.6. The number of para-hydroxylation sites is 1. The first-order valence-electron chi connectivity index (χ1n) is 6.53. The Bertz CT molecular complexity index is 604. The normalized spacial score (nSPS) is 20.5. The molecule has 1 heterocycles. The number of aryl methyl sites for hydroxylation is 1. The Morgan fingerprint density at radius 1 is 1.47 bits per heavy atom. The first-order chi connectivity index (χ1) is 9.02. The first-order valence-corrected chi connectivity index (χ1v) is 8.03. The molecule has 1 aromatic carbocycles. The van der Waals surface area contributed by atoms with Crippen LogP contribution in [0.2, 0.25) is 0 Å². The van der Waals surface area contributed by atoms with E-state index in [2.05, 4.69) is 0 Å². The number of hydrogen-bond donors (Lipinski definition) is 0. The van der Waals surface area contributed by atoms with Crippen LogP contribution in [0.5, 0.6) is 0 Å². The topological polar surface area (TPSA) is 61.2 Å². The summed E-state index contributed by atoms with van der Waals surface area (Å²) in [5.74, 6) is 0. The molecule has 0 fully saturated rings. The molecular weight excluding hydrogens is 260 g/mol. The number of nitrogens with zero attached hydrogens (tertiary/aromatic N) is 2. The second-order valence-corrected chi connectivity index (χ2v) is 6.88. The van der Waals surface area contributed by atoms with Crippen LogP contribution in [0.25, 0.3) is 0 Å². The van der Waals surface area contributed by atoms with E-state index in [1.807, 2.05) is 37.3 Å². The second-order valence-electron chi connectivity index (χ2n) is 4.88. The summed E-state index contributed by atoms with van der Waals surface area (Å²) in [4.78, 5) is 0. The van der Waals surface area contributed by atoms with Gasteiger partial charge in [0, 0.05) is 6.04 Å². The summed E-state index contributed by atoms with van der Waals surface area (Å²) in [5, 5.41) is 8.10. The molecule has 0 saturated carbocycles. The largest absolute Gasteiger partial charge is 0.266 e. The maximum Gasteiger partial charge on any atom is 0.251 e. The van der Waals surface area contributed by atoms with Gasteiger partial charge >= 0.3 is 0 Å². The highest BCUT2D eigenvalue weighted by atomic mass is 32.2. The highest BCUT2D eigenvalue weighted by Gasteiger charge is 2.37. The third-order valence-corrected chi connectivity index (χ3v) is 5.87. The second kappa shape index (κ2) is 5.22. The van der Waals surface area contributed by atoms with E-state index < -0.39 is 15.3 Å². The predicted octanol–water partition coefficient (Wildman–Crippen LogP) is 2.46. The lowest BCUT2D eigenvalue weighted by Crippen LogP contribution is -2.46. The lowest BCUT2D eigenvalue weighted by Gasteiger charge is -2.36. The maximum absolute atomic E-state index is 12.6. The molecule has 19 heavy (non-hydrogen) atoms. The quantitative estimate of drug-likeness (QED) is 0.853. The van der Waals surface area contributed by atoms with Crippen molar-refractivity contribution in [1.82, 2.24) is 0 Å². The Labute approximate surface area is 114 Å². The minimum absolute atomic E-state index is 0.0951. The number of hydrogen-bond acceptors (Lipinski definition) is 3. The summed E-state index contributed by atoms with van der Waals surface area (Å²) in [6.07, 6.45) is 1.98. The zero-order valence-corrected chi connectivity index (χ0v) is 12.0. The van der Waals surface area contributed by atoms with E-state index >= 15 is 0 Å². The van der Waals surface area contributed by atoms with Gasteiger partial charge in [-0.1, -0.05) is 25.1 Å². The minimum atomic E-state index is -3.61. The van der Waals surface area contributed by atoms with Crippen molar-refractivity contribution in [3.8, 4) is 6.07 Å². The number of sulfonamides is 1. The average molecular weight is 278 g/mol. The monoisotopic (exact) mass is 278 g/mol. The van der Waals surface area contributed by atoms with Gasteiger partial charge in [-0.15, -0.1) is 0 Å². The molecule has 0 aliphatic carbocycles. The summed E-state index contributed by atoms with van der Waals surface area (Å²) in [5.41, 5.74) is 1.77. The van der Waals surface area contributed by atoms with E-state index in [0.29, 0.717) is 6.42 Å². The van der Waals surface area contributed by atoms with Crippen molar-refractivity contribution < 1.29 is 8.42 Å². The Balaban J connectivity index is 2.53. The van der Waals surface area contributed by atoms with Crippen molar-refractivity contribution in [1.29, 1.82) is 5.26 Å². The fourth-order valence-electron chi connectivity index (χ4n) is 2.55. The Morgan fingerprint density at radius 2 is 2.16 bits per heavy atom. The van der Waals surface area contributed by atoms with Gasteiger partial charge in [0.2, 0.25) is 0 Å². The van der Waals surface area contributed by atoms with Crippen LogP contribution in [0.4, 0.5) is 5.69 Å². The van der Waals surface area contributed by atoms with E-state index in [4.69, 9.17) is 5.26 Å². The van der Waals surface area contributed by atoms with Crippen LogP contribution in [-0.2, 0) is 16.4 Å². The smallest absolute Gasteiger partial charge is 0.251 e. The van der Waals surface area contributed by atoms with Crippen LogP contribution in [0.15, 0.2) is 24.3 Å². The van der Waals surface area contributed by atoms with Gasteiger partial charge in [-0.05, 0) is 37.8 Å². The Hall–Kier alpha value is -1.54. The van der Waals surface area contributed by atoms with Gasteiger partial charge in [-0.2, -0.15) is 5.26 Å². The van der Waals surface area contributed by atoms with Gasteiger partial charge in [0.1, 0.15) is 0 Å². The van der Waals surface area contributed by atoms with Crippen molar-refractivity contribution >= 4 is 15.7 Å². The third-order valence-electron chi connectivity index (χ3n) is 3.61. The summed E-state index contributed by atoms with van der Waals surface area (Å²) in [6, 6.07) is 9.36. The molecule has 1 aromatic rings. The number of benzene rings is 1. The summed E-state index contributed by atoms with van der Waals surface area (Å²) in [6.45, 7) is 3.63. The lowest BCUT2D eigenvalue weighted by atomic mass is 9.99. The number of rotatable bonds is 3. The van der Waals surface area contributed by atoms with Crippen LogP contribution in [0, 0.1) is 11.3 Å². The van der Waals surface area contributed by atoms with Gasteiger partial charge in [0.05, 0.1) is 11.8 Å². The van der Waals surface area contributed by atoms with Crippen molar-refractivity contribution in [2.75, 3.05) is 4.31 Å². The minimum Gasteiger partial charge on any atom is -0.266 e. The van der Waals surface area contributed by atoms with Crippen LogP contribution < -0.4 is 4.31 Å². The fraction of sp³-hybridized carbons (Fsp3) is 0.500. The van der Waals surface area contributed by atoms with Crippen LogP contribution >= 0.6 is 0 Å². The highest BCUT2D eigenvalue weighted by Crippen LogP contribution is 2.34. The lowest BCUT2D eigenvalue weighted by molar-refractivity contribution is 0.556. The van der Waals surface area contributed by atoms with Gasteiger partial charge in [-0.3, -0.25) is 4.31 Å². The molecule has 0 N–H and O–H groups in total. The van der Waals surface area contributed by atoms with Gasteiger partial charge < -0.3 is 0 Å². The zero-order chi connectivity index (χ0) is 14.0. The molecule has 0 amide bonds. The molecule has 102 valence electrons. The molecule has 2 atom stereocenters. The summed E-state index contributed by atoms with van der Waals surface area (Å²) in [7, 11) is -3.61. The predicted molar refractivity (Wildman–Crippen MR) is 75.3 cm³/mol. The molecule has 0 radical (unpaired) electrons. The fourth-order valence-corrected chi connectivity index (χ4v) is 4.44. The third kappa shape index (κ3) is 2.33. The molecule has 2 unspecified atom stereocenters. The molecule has 2 rings (SSSR count). The van der Waals surface area contributed by atoms with E-state index in [-0.39, 0.29) is 6.04 Å². The van der Waals surface area contributed by atoms with E-state index in [1.54, 1.807) is 6.92 Å². The first kappa shape index (κ1) is 13.9.